The van der Waals surface area contributed by atoms with Crippen molar-refractivity contribution in [2.45, 2.75) is 52.1 Å². The lowest BCUT2D eigenvalue weighted by Crippen LogP contribution is -2.43. The average molecular weight is 396 g/mol. The lowest BCUT2D eigenvalue weighted by Gasteiger charge is -2.31. The SMILES string of the molecule is CC(C)CCn1nc(CNC(=O)N2CCC(c3ccon3)CC2)c2ccccc21. The zero-order valence-corrected chi connectivity index (χ0v) is 17.2. The number of benzene rings is 1. The fraction of sp³-hybridized carbons (Fsp3) is 0.500. The summed E-state index contributed by atoms with van der Waals surface area (Å²) in [5, 5.41) is 13.0. The summed E-state index contributed by atoms with van der Waals surface area (Å²) in [6, 6.07) is 10.1. The Balaban J connectivity index is 1.36. The zero-order valence-electron chi connectivity index (χ0n) is 17.2. The normalized spacial score (nSPS) is 15.3. The number of piperidine rings is 1. The highest BCUT2D eigenvalue weighted by Crippen LogP contribution is 2.26. The van der Waals surface area contributed by atoms with E-state index < -0.39 is 0 Å². The van der Waals surface area contributed by atoms with Crippen LogP contribution in [0.15, 0.2) is 41.1 Å². The molecule has 2 amide bonds. The number of nitrogens with zero attached hydrogens (tertiary/aromatic N) is 4. The number of urea groups is 1. The number of amides is 2. The summed E-state index contributed by atoms with van der Waals surface area (Å²) < 4.78 is 7.01. The second-order valence-electron chi connectivity index (χ2n) is 8.21. The molecule has 1 N–H and O–H groups in total. The molecule has 0 saturated carbocycles. The molecule has 0 atom stereocenters. The molecule has 0 bridgehead atoms. The van der Waals surface area contributed by atoms with Crippen molar-refractivity contribution in [3.63, 3.8) is 0 Å². The van der Waals surface area contributed by atoms with Gasteiger partial charge in [-0.2, -0.15) is 5.10 Å². The van der Waals surface area contributed by atoms with Gasteiger partial charge < -0.3 is 14.7 Å². The molecule has 0 radical (unpaired) electrons. The van der Waals surface area contributed by atoms with Crippen LogP contribution in [0.5, 0.6) is 0 Å². The van der Waals surface area contributed by atoms with E-state index in [1.54, 1.807) is 6.26 Å². The van der Waals surface area contributed by atoms with E-state index in [1.165, 1.54) is 0 Å². The summed E-state index contributed by atoms with van der Waals surface area (Å²) in [6.45, 7) is 7.23. The number of carbonyl (C=O) groups is 1. The first-order valence-electron chi connectivity index (χ1n) is 10.5. The zero-order chi connectivity index (χ0) is 20.2. The van der Waals surface area contributed by atoms with Gasteiger partial charge in [-0.25, -0.2) is 4.79 Å². The maximum absolute atomic E-state index is 12.7. The van der Waals surface area contributed by atoms with Crippen LogP contribution < -0.4 is 5.32 Å². The number of rotatable bonds is 6. The van der Waals surface area contributed by atoms with E-state index in [0.29, 0.717) is 18.4 Å². The Hall–Kier alpha value is -2.83. The van der Waals surface area contributed by atoms with Gasteiger partial charge in [0.2, 0.25) is 0 Å². The fourth-order valence-corrected chi connectivity index (χ4v) is 3.96. The van der Waals surface area contributed by atoms with Crippen LogP contribution in [0, 0.1) is 5.92 Å². The highest BCUT2D eigenvalue weighted by Gasteiger charge is 2.25. The van der Waals surface area contributed by atoms with Crippen LogP contribution >= 0.6 is 0 Å². The Morgan fingerprint density at radius 2 is 2.03 bits per heavy atom. The van der Waals surface area contributed by atoms with E-state index in [-0.39, 0.29) is 6.03 Å². The molecule has 29 heavy (non-hydrogen) atoms. The number of aryl methyl sites for hydroxylation is 1. The first-order chi connectivity index (χ1) is 14.1. The fourth-order valence-electron chi connectivity index (χ4n) is 3.96. The number of hydrogen-bond acceptors (Lipinski definition) is 4. The summed E-state index contributed by atoms with van der Waals surface area (Å²) >= 11 is 0. The number of likely N-dealkylation sites (tertiary alicyclic amines) is 1. The molecule has 4 rings (SSSR count). The molecular weight excluding hydrogens is 366 g/mol. The molecule has 7 heteroatoms. The van der Waals surface area contributed by atoms with E-state index in [1.807, 2.05) is 23.1 Å². The molecule has 7 nitrogen and oxygen atoms in total. The summed E-state index contributed by atoms with van der Waals surface area (Å²) in [6.07, 6.45) is 4.51. The average Bonchev–Trinajstić information content (AvgIpc) is 3.39. The van der Waals surface area contributed by atoms with Gasteiger partial charge in [-0.1, -0.05) is 37.2 Å². The van der Waals surface area contributed by atoms with Crippen molar-refractivity contribution < 1.29 is 9.32 Å². The van der Waals surface area contributed by atoms with Crippen molar-refractivity contribution in [1.29, 1.82) is 0 Å². The number of carbonyl (C=O) groups excluding carboxylic acids is 1. The van der Waals surface area contributed by atoms with Gasteiger partial charge in [-0.05, 0) is 31.2 Å². The van der Waals surface area contributed by atoms with Crippen molar-refractivity contribution in [3.8, 4) is 0 Å². The Labute approximate surface area is 171 Å². The van der Waals surface area contributed by atoms with E-state index in [0.717, 1.165) is 61.2 Å². The maximum Gasteiger partial charge on any atom is 0.317 e. The van der Waals surface area contributed by atoms with E-state index >= 15 is 0 Å². The number of nitrogens with one attached hydrogen (secondary N) is 1. The largest absolute Gasteiger partial charge is 0.365 e. The molecule has 1 aliphatic heterocycles. The molecule has 0 unspecified atom stereocenters. The van der Waals surface area contributed by atoms with Gasteiger partial charge >= 0.3 is 6.03 Å². The van der Waals surface area contributed by atoms with Gasteiger partial charge in [0.1, 0.15) is 6.26 Å². The minimum Gasteiger partial charge on any atom is -0.365 e. The first kappa shape index (κ1) is 19.5. The minimum atomic E-state index is -0.0237. The van der Waals surface area contributed by atoms with Crippen LogP contribution in [0.1, 0.15) is 50.4 Å². The minimum absolute atomic E-state index is 0.0237. The van der Waals surface area contributed by atoms with Crippen molar-refractivity contribution >= 4 is 16.9 Å². The molecule has 1 aliphatic rings. The molecular formula is C22H29N5O2. The third-order valence-corrected chi connectivity index (χ3v) is 5.72. The summed E-state index contributed by atoms with van der Waals surface area (Å²) in [5.74, 6) is 1.000. The smallest absolute Gasteiger partial charge is 0.317 e. The molecule has 2 aromatic heterocycles. The Bertz CT molecular complexity index is 939. The third-order valence-electron chi connectivity index (χ3n) is 5.72. The highest BCUT2D eigenvalue weighted by molar-refractivity contribution is 5.82. The topological polar surface area (TPSA) is 76.2 Å². The Kier molecular flexibility index (Phi) is 5.83. The van der Waals surface area contributed by atoms with Crippen LogP contribution in [-0.2, 0) is 13.1 Å². The second-order valence-corrected chi connectivity index (χ2v) is 8.21. The summed E-state index contributed by atoms with van der Waals surface area (Å²) in [7, 11) is 0. The van der Waals surface area contributed by atoms with Crippen molar-refractivity contribution in [1.82, 2.24) is 25.2 Å². The standard InChI is InChI=1S/C22H29N5O2/c1-16(2)7-13-27-21-6-4-3-5-18(21)20(24-27)15-23-22(28)26-11-8-17(9-12-26)19-10-14-29-25-19/h3-6,10,14,16-17H,7-9,11-13,15H2,1-2H3,(H,23,28). The highest BCUT2D eigenvalue weighted by atomic mass is 16.5. The van der Waals surface area contributed by atoms with Crippen molar-refractivity contribution in [3.05, 3.63) is 48.0 Å². The van der Waals surface area contributed by atoms with Crippen LogP contribution in [0.4, 0.5) is 4.79 Å². The number of fused-ring (bicyclic) bond motifs is 1. The molecule has 1 aromatic carbocycles. The van der Waals surface area contributed by atoms with Crippen LogP contribution in [0.25, 0.3) is 10.9 Å². The predicted octanol–water partition coefficient (Wildman–Crippen LogP) is 4.16. The Morgan fingerprint density at radius 3 is 2.76 bits per heavy atom. The van der Waals surface area contributed by atoms with Gasteiger partial charge in [0, 0.05) is 37.0 Å². The molecule has 1 saturated heterocycles. The van der Waals surface area contributed by atoms with E-state index in [9.17, 15) is 4.79 Å². The third kappa shape index (κ3) is 4.44. The van der Waals surface area contributed by atoms with Gasteiger partial charge in [-0.3, -0.25) is 4.68 Å². The number of hydrogen-bond donors (Lipinski definition) is 1. The first-order valence-corrected chi connectivity index (χ1v) is 10.5. The van der Waals surface area contributed by atoms with E-state index in [2.05, 4.69) is 41.1 Å². The molecule has 0 aliphatic carbocycles. The van der Waals surface area contributed by atoms with Crippen LogP contribution in [0.2, 0.25) is 0 Å². The second kappa shape index (κ2) is 8.68. The van der Waals surface area contributed by atoms with Crippen LogP contribution in [-0.4, -0.2) is 39.0 Å². The van der Waals surface area contributed by atoms with Crippen molar-refractivity contribution in [2.75, 3.05) is 13.1 Å². The lowest BCUT2D eigenvalue weighted by molar-refractivity contribution is 0.180. The van der Waals surface area contributed by atoms with Crippen LogP contribution in [0.3, 0.4) is 0 Å². The molecule has 3 aromatic rings. The lowest BCUT2D eigenvalue weighted by atomic mass is 9.94. The Morgan fingerprint density at radius 1 is 1.24 bits per heavy atom. The van der Waals surface area contributed by atoms with Gasteiger partial charge in [0.25, 0.3) is 0 Å². The van der Waals surface area contributed by atoms with E-state index in [4.69, 9.17) is 9.62 Å². The molecule has 1 fully saturated rings. The molecule has 3 heterocycles. The molecule has 154 valence electrons. The summed E-state index contributed by atoms with van der Waals surface area (Å²) in [4.78, 5) is 14.6. The maximum atomic E-state index is 12.7. The quantitative estimate of drug-likeness (QED) is 0.680. The predicted molar refractivity (Wildman–Crippen MR) is 111 cm³/mol. The number of aromatic nitrogens is 3. The van der Waals surface area contributed by atoms with Gasteiger partial charge in [0.05, 0.1) is 23.4 Å². The van der Waals surface area contributed by atoms with Gasteiger partial charge in [-0.15, -0.1) is 0 Å². The summed E-state index contributed by atoms with van der Waals surface area (Å²) in [5.41, 5.74) is 3.05. The monoisotopic (exact) mass is 395 g/mol. The number of para-hydroxylation sites is 1. The van der Waals surface area contributed by atoms with Crippen molar-refractivity contribution in [2.24, 2.45) is 5.92 Å². The molecule has 0 spiro atoms. The van der Waals surface area contributed by atoms with Gasteiger partial charge in [0.15, 0.2) is 0 Å².